The van der Waals surface area contributed by atoms with E-state index in [-0.39, 0.29) is 28.4 Å². The lowest BCUT2D eigenvalue weighted by Gasteiger charge is -2.24. The molecule has 1 N–H and O–H groups in total. The zero-order valence-electron chi connectivity index (χ0n) is 19.0. The number of aliphatic hydroxyl groups excluding tert-OH is 1. The van der Waals surface area contributed by atoms with Gasteiger partial charge in [0.2, 0.25) is 0 Å². The van der Waals surface area contributed by atoms with E-state index in [0.717, 1.165) is 28.8 Å². The summed E-state index contributed by atoms with van der Waals surface area (Å²) in [5, 5.41) is 19.0. The minimum absolute atomic E-state index is 0.0109. The third-order valence-electron chi connectivity index (χ3n) is 5.72. The Kier molecular flexibility index (Phi) is 6.14. The van der Waals surface area contributed by atoms with Crippen LogP contribution in [0.4, 0.5) is 19.0 Å². The number of pyridine rings is 1. The summed E-state index contributed by atoms with van der Waals surface area (Å²) in [4.78, 5) is 30.6. The number of anilines is 1. The maximum atomic E-state index is 13.1. The van der Waals surface area contributed by atoms with Gasteiger partial charge in [-0.15, -0.1) is 5.10 Å². The Balaban J connectivity index is 1.89. The van der Waals surface area contributed by atoms with E-state index in [0.29, 0.717) is 5.69 Å². The number of nitrogens with zero attached hydrogens (tertiary/aromatic N) is 4. The standard InChI is InChI=1S/C25H21F3N4O3/c1-13(2)15-5-7-16(8-6-15)22(33)20-21(17-9-10-18(29-12-17)25(26,27)28)32(24(35)23(20)34)19-11-4-14(3)30-31-19/h4-13,21,33H,1-3H3/t21-/m1/s1. The Morgan fingerprint density at radius 2 is 1.69 bits per heavy atom. The van der Waals surface area contributed by atoms with Gasteiger partial charge in [0.1, 0.15) is 11.5 Å². The molecule has 1 atom stereocenters. The summed E-state index contributed by atoms with van der Waals surface area (Å²) in [5.41, 5.74) is 0.532. The number of halogens is 3. The third-order valence-corrected chi connectivity index (χ3v) is 5.72. The van der Waals surface area contributed by atoms with Crippen LogP contribution < -0.4 is 4.90 Å². The largest absolute Gasteiger partial charge is 0.507 e. The smallest absolute Gasteiger partial charge is 0.433 e. The van der Waals surface area contributed by atoms with E-state index in [9.17, 15) is 27.9 Å². The number of carbonyl (C=O) groups is 2. The van der Waals surface area contributed by atoms with Crippen molar-refractivity contribution in [1.29, 1.82) is 0 Å². The molecular weight excluding hydrogens is 461 g/mol. The van der Waals surface area contributed by atoms with Crippen LogP contribution in [0.1, 0.15) is 53.9 Å². The van der Waals surface area contributed by atoms with Crippen LogP contribution >= 0.6 is 0 Å². The van der Waals surface area contributed by atoms with Crippen LogP contribution in [0, 0.1) is 6.92 Å². The van der Waals surface area contributed by atoms with Crippen LogP contribution in [0.25, 0.3) is 5.76 Å². The highest BCUT2D eigenvalue weighted by Crippen LogP contribution is 2.42. The Bertz CT molecular complexity index is 1300. The average Bonchev–Trinajstić information content (AvgIpc) is 3.09. The first kappa shape index (κ1) is 24.1. The monoisotopic (exact) mass is 482 g/mol. The van der Waals surface area contributed by atoms with Crippen LogP contribution in [0.5, 0.6) is 0 Å². The van der Waals surface area contributed by atoms with Crippen LogP contribution in [0.15, 0.2) is 60.3 Å². The molecule has 35 heavy (non-hydrogen) atoms. The molecule has 3 heterocycles. The average molecular weight is 482 g/mol. The van der Waals surface area contributed by atoms with Gasteiger partial charge in [-0.1, -0.05) is 44.2 Å². The maximum absolute atomic E-state index is 13.1. The van der Waals surface area contributed by atoms with Gasteiger partial charge in [-0.05, 0) is 42.2 Å². The minimum atomic E-state index is -4.67. The summed E-state index contributed by atoms with van der Waals surface area (Å²) in [6.07, 6.45) is -3.73. The van der Waals surface area contributed by atoms with Gasteiger partial charge in [0.15, 0.2) is 5.82 Å². The van der Waals surface area contributed by atoms with Gasteiger partial charge >= 0.3 is 12.1 Å². The summed E-state index contributed by atoms with van der Waals surface area (Å²) in [6.45, 7) is 5.68. The summed E-state index contributed by atoms with van der Waals surface area (Å²) >= 11 is 0. The van der Waals surface area contributed by atoms with E-state index >= 15 is 0 Å². The number of carbonyl (C=O) groups excluding carboxylic acids is 2. The molecule has 0 saturated carbocycles. The molecule has 10 heteroatoms. The molecule has 0 unspecified atom stereocenters. The van der Waals surface area contributed by atoms with Crippen molar-refractivity contribution in [1.82, 2.24) is 15.2 Å². The van der Waals surface area contributed by atoms with Crippen molar-refractivity contribution in [3.63, 3.8) is 0 Å². The Morgan fingerprint density at radius 3 is 2.20 bits per heavy atom. The van der Waals surface area contributed by atoms with E-state index in [1.54, 1.807) is 37.3 Å². The third kappa shape index (κ3) is 4.51. The highest BCUT2D eigenvalue weighted by Gasteiger charge is 2.48. The first-order valence-electron chi connectivity index (χ1n) is 10.7. The molecule has 1 aliphatic heterocycles. The fourth-order valence-electron chi connectivity index (χ4n) is 3.82. The summed E-state index contributed by atoms with van der Waals surface area (Å²) < 4.78 is 39.2. The van der Waals surface area contributed by atoms with Gasteiger partial charge in [-0.3, -0.25) is 19.5 Å². The molecule has 0 radical (unpaired) electrons. The van der Waals surface area contributed by atoms with E-state index in [4.69, 9.17) is 0 Å². The predicted molar refractivity (Wildman–Crippen MR) is 121 cm³/mol. The molecule has 4 rings (SSSR count). The number of aryl methyl sites for hydroxylation is 1. The van der Waals surface area contributed by atoms with Crippen molar-refractivity contribution in [2.24, 2.45) is 0 Å². The van der Waals surface area contributed by atoms with Crippen LogP contribution in [-0.2, 0) is 15.8 Å². The van der Waals surface area contributed by atoms with Gasteiger partial charge in [0.25, 0.3) is 5.78 Å². The van der Waals surface area contributed by atoms with E-state index < -0.39 is 35.4 Å². The lowest BCUT2D eigenvalue weighted by molar-refractivity contribution is -0.141. The second kappa shape index (κ2) is 8.94. The number of Topliss-reactive ketones (excluding diaryl/α,β-unsaturated/α-hetero) is 1. The van der Waals surface area contributed by atoms with Gasteiger partial charge in [0, 0.05) is 11.8 Å². The second-order valence-corrected chi connectivity index (χ2v) is 8.45. The molecule has 0 spiro atoms. The predicted octanol–water partition coefficient (Wildman–Crippen LogP) is 4.95. The number of hydrogen-bond donors (Lipinski definition) is 1. The van der Waals surface area contributed by atoms with E-state index in [1.807, 2.05) is 13.8 Å². The number of rotatable bonds is 4. The number of hydrogen-bond acceptors (Lipinski definition) is 6. The number of ketones is 1. The normalized spacial score (nSPS) is 17.9. The number of aromatic nitrogens is 3. The molecule has 1 fully saturated rings. The van der Waals surface area contributed by atoms with Crippen LogP contribution in [0.2, 0.25) is 0 Å². The Morgan fingerprint density at radius 1 is 1.00 bits per heavy atom. The summed E-state index contributed by atoms with van der Waals surface area (Å²) in [5.74, 6) is -2.20. The van der Waals surface area contributed by atoms with Crippen molar-refractivity contribution in [2.45, 2.75) is 38.9 Å². The van der Waals surface area contributed by atoms with Crippen molar-refractivity contribution in [2.75, 3.05) is 4.90 Å². The first-order chi connectivity index (χ1) is 16.5. The molecule has 1 saturated heterocycles. The van der Waals surface area contributed by atoms with Crippen molar-refractivity contribution < 1.29 is 27.9 Å². The highest BCUT2D eigenvalue weighted by molar-refractivity contribution is 6.51. The number of alkyl halides is 3. The molecule has 2 aromatic heterocycles. The topological polar surface area (TPSA) is 96.3 Å². The van der Waals surface area contributed by atoms with Gasteiger partial charge < -0.3 is 5.11 Å². The Hall–Kier alpha value is -4.08. The molecule has 180 valence electrons. The summed E-state index contributed by atoms with van der Waals surface area (Å²) in [6, 6.07) is 10.5. The minimum Gasteiger partial charge on any atom is -0.507 e. The molecule has 1 aliphatic rings. The maximum Gasteiger partial charge on any atom is 0.433 e. The molecule has 1 aromatic carbocycles. The van der Waals surface area contributed by atoms with E-state index in [2.05, 4.69) is 15.2 Å². The molecule has 3 aromatic rings. The molecular formula is C25H21F3N4O3. The SMILES string of the molecule is Cc1ccc(N2C(=O)C(=O)C(=C(O)c3ccc(C(C)C)cc3)[C@H]2c2ccc(C(F)(F)F)nc2)nn1. The van der Waals surface area contributed by atoms with Crippen molar-refractivity contribution >= 4 is 23.3 Å². The van der Waals surface area contributed by atoms with Crippen LogP contribution in [0.3, 0.4) is 0 Å². The quantitative estimate of drug-likeness (QED) is 0.321. The van der Waals surface area contributed by atoms with Crippen molar-refractivity contribution in [3.8, 4) is 0 Å². The molecule has 1 amide bonds. The van der Waals surface area contributed by atoms with E-state index in [1.165, 1.54) is 6.07 Å². The second-order valence-electron chi connectivity index (χ2n) is 8.45. The van der Waals surface area contributed by atoms with Gasteiger partial charge in [-0.25, -0.2) is 0 Å². The molecule has 7 nitrogen and oxygen atoms in total. The molecule has 0 bridgehead atoms. The number of aliphatic hydroxyl groups is 1. The van der Waals surface area contributed by atoms with Gasteiger partial charge in [-0.2, -0.15) is 18.3 Å². The fraction of sp³-hybridized carbons (Fsp3) is 0.240. The lowest BCUT2D eigenvalue weighted by atomic mass is 9.95. The zero-order valence-corrected chi connectivity index (χ0v) is 19.0. The zero-order chi connectivity index (χ0) is 25.5. The lowest BCUT2D eigenvalue weighted by Crippen LogP contribution is -2.30. The van der Waals surface area contributed by atoms with Crippen molar-refractivity contribution in [3.05, 3.63) is 88.4 Å². The first-order valence-corrected chi connectivity index (χ1v) is 10.7. The Labute approximate surface area is 199 Å². The summed E-state index contributed by atoms with van der Waals surface area (Å²) in [7, 11) is 0. The highest BCUT2D eigenvalue weighted by atomic mass is 19.4. The molecule has 0 aliphatic carbocycles. The van der Waals surface area contributed by atoms with Gasteiger partial charge in [0.05, 0.1) is 17.3 Å². The fourth-order valence-corrected chi connectivity index (χ4v) is 3.82. The number of benzene rings is 1. The van der Waals surface area contributed by atoms with Crippen LogP contribution in [-0.4, -0.2) is 32.0 Å². The number of amides is 1.